The summed E-state index contributed by atoms with van der Waals surface area (Å²) in [7, 11) is 1.94. The van der Waals surface area contributed by atoms with E-state index in [9.17, 15) is 0 Å². The maximum Gasteiger partial charge on any atom is 0.165 e. The molecule has 2 rings (SSSR count). The Kier molecular flexibility index (Phi) is 3.72. The smallest absolute Gasteiger partial charge is 0.165 e. The molecule has 0 bridgehead atoms. The van der Waals surface area contributed by atoms with Crippen molar-refractivity contribution in [2.45, 2.75) is 6.42 Å². The lowest BCUT2D eigenvalue weighted by molar-refractivity contribution is 0.873. The van der Waals surface area contributed by atoms with Gasteiger partial charge in [0.1, 0.15) is 6.33 Å². The van der Waals surface area contributed by atoms with Gasteiger partial charge in [0.25, 0.3) is 0 Å². The quantitative estimate of drug-likeness (QED) is 0.760. The maximum atomic E-state index is 5.48. The molecular formula is C12H17N5. The molecule has 0 aliphatic rings. The van der Waals surface area contributed by atoms with Crippen molar-refractivity contribution < 1.29 is 0 Å². The highest BCUT2D eigenvalue weighted by Crippen LogP contribution is 2.25. The van der Waals surface area contributed by atoms with Gasteiger partial charge in [-0.2, -0.15) is 0 Å². The van der Waals surface area contributed by atoms with E-state index in [1.54, 1.807) is 6.33 Å². The summed E-state index contributed by atoms with van der Waals surface area (Å²) in [6.07, 6.45) is 2.65. The third-order valence-corrected chi connectivity index (χ3v) is 2.58. The van der Waals surface area contributed by atoms with Gasteiger partial charge in [0.15, 0.2) is 5.82 Å². The van der Waals surface area contributed by atoms with Gasteiger partial charge in [0.05, 0.1) is 0 Å². The third-order valence-electron chi connectivity index (χ3n) is 2.58. The molecule has 0 aliphatic carbocycles. The van der Waals surface area contributed by atoms with Crippen LogP contribution in [0.5, 0.6) is 0 Å². The molecule has 3 N–H and O–H groups in total. The molecule has 0 aliphatic heterocycles. The minimum atomic E-state index is 0.694. The molecular weight excluding hydrogens is 214 g/mol. The van der Waals surface area contributed by atoms with Gasteiger partial charge in [-0.05, 0) is 25.1 Å². The van der Waals surface area contributed by atoms with Crippen LogP contribution in [0.15, 0.2) is 30.6 Å². The SMILES string of the molecule is Cn1cnnc1-c1ccccc1NCCCN. The summed E-state index contributed by atoms with van der Waals surface area (Å²) < 4.78 is 1.91. The van der Waals surface area contributed by atoms with Crippen LogP contribution in [0.4, 0.5) is 5.69 Å². The van der Waals surface area contributed by atoms with Crippen molar-refractivity contribution in [1.82, 2.24) is 14.8 Å². The summed E-state index contributed by atoms with van der Waals surface area (Å²) in [5.74, 6) is 0.862. The molecule has 0 spiro atoms. The molecule has 0 fully saturated rings. The fourth-order valence-corrected chi connectivity index (χ4v) is 1.68. The van der Waals surface area contributed by atoms with Crippen LogP contribution >= 0.6 is 0 Å². The number of nitrogens with zero attached hydrogens (tertiary/aromatic N) is 3. The molecule has 1 aromatic carbocycles. The highest BCUT2D eigenvalue weighted by molar-refractivity contribution is 5.73. The Hall–Kier alpha value is -1.88. The second kappa shape index (κ2) is 5.45. The van der Waals surface area contributed by atoms with Gasteiger partial charge in [0.2, 0.25) is 0 Å². The number of nitrogens with one attached hydrogen (secondary N) is 1. The van der Waals surface area contributed by atoms with Crippen LogP contribution in [-0.2, 0) is 7.05 Å². The van der Waals surface area contributed by atoms with E-state index < -0.39 is 0 Å². The Bertz CT molecular complexity index is 477. The van der Waals surface area contributed by atoms with Crippen molar-refractivity contribution in [3.63, 3.8) is 0 Å². The molecule has 0 atom stereocenters. The van der Waals surface area contributed by atoms with Crippen LogP contribution in [0.2, 0.25) is 0 Å². The summed E-state index contributed by atoms with van der Waals surface area (Å²) in [5.41, 5.74) is 7.61. The zero-order chi connectivity index (χ0) is 12.1. The number of benzene rings is 1. The Labute approximate surface area is 101 Å². The van der Waals surface area contributed by atoms with E-state index in [1.165, 1.54) is 0 Å². The summed E-state index contributed by atoms with van der Waals surface area (Å²) >= 11 is 0. The molecule has 0 saturated carbocycles. The fourth-order valence-electron chi connectivity index (χ4n) is 1.68. The number of anilines is 1. The van der Waals surface area contributed by atoms with Gasteiger partial charge < -0.3 is 15.6 Å². The van der Waals surface area contributed by atoms with Gasteiger partial charge in [-0.15, -0.1) is 10.2 Å². The lowest BCUT2D eigenvalue weighted by Crippen LogP contribution is -2.09. The molecule has 17 heavy (non-hydrogen) atoms. The normalized spacial score (nSPS) is 10.5. The van der Waals surface area contributed by atoms with Gasteiger partial charge in [-0.3, -0.25) is 0 Å². The van der Waals surface area contributed by atoms with Crippen molar-refractivity contribution in [2.24, 2.45) is 12.8 Å². The predicted molar refractivity (Wildman–Crippen MR) is 68.6 cm³/mol. The second-order valence-corrected chi connectivity index (χ2v) is 3.88. The summed E-state index contributed by atoms with van der Waals surface area (Å²) in [6.45, 7) is 1.56. The zero-order valence-electron chi connectivity index (χ0n) is 9.93. The predicted octanol–water partition coefficient (Wildman–Crippen LogP) is 1.24. The Morgan fingerprint density at radius 3 is 2.88 bits per heavy atom. The average Bonchev–Trinajstić information content (AvgIpc) is 2.76. The fraction of sp³-hybridized carbons (Fsp3) is 0.333. The van der Waals surface area contributed by atoms with E-state index in [-0.39, 0.29) is 0 Å². The first-order valence-electron chi connectivity index (χ1n) is 5.70. The van der Waals surface area contributed by atoms with Crippen LogP contribution in [0.25, 0.3) is 11.4 Å². The molecule has 90 valence electrons. The molecule has 0 amide bonds. The molecule has 2 aromatic rings. The zero-order valence-corrected chi connectivity index (χ0v) is 9.93. The first-order chi connectivity index (χ1) is 8.33. The monoisotopic (exact) mass is 231 g/mol. The molecule has 5 heteroatoms. The van der Waals surface area contributed by atoms with Crippen LogP contribution < -0.4 is 11.1 Å². The van der Waals surface area contributed by atoms with E-state index in [1.807, 2.05) is 35.9 Å². The highest BCUT2D eigenvalue weighted by Gasteiger charge is 2.08. The van der Waals surface area contributed by atoms with Crippen LogP contribution in [-0.4, -0.2) is 27.9 Å². The number of aryl methyl sites for hydroxylation is 1. The van der Waals surface area contributed by atoms with Gasteiger partial charge in [-0.25, -0.2) is 0 Å². The van der Waals surface area contributed by atoms with Gasteiger partial charge in [0, 0.05) is 24.8 Å². The minimum Gasteiger partial charge on any atom is -0.384 e. The van der Waals surface area contributed by atoms with E-state index in [0.29, 0.717) is 6.54 Å². The molecule has 1 aromatic heterocycles. The Balaban J connectivity index is 2.25. The molecule has 0 saturated heterocycles. The third kappa shape index (κ3) is 2.62. The molecule has 0 unspecified atom stereocenters. The number of hydrogen-bond donors (Lipinski definition) is 2. The van der Waals surface area contributed by atoms with E-state index in [2.05, 4.69) is 15.5 Å². The summed E-state index contributed by atoms with van der Waals surface area (Å²) in [6, 6.07) is 8.08. The number of hydrogen-bond acceptors (Lipinski definition) is 4. The van der Waals surface area contributed by atoms with Crippen molar-refractivity contribution in [2.75, 3.05) is 18.4 Å². The Morgan fingerprint density at radius 1 is 1.35 bits per heavy atom. The van der Waals surface area contributed by atoms with Crippen LogP contribution in [0.3, 0.4) is 0 Å². The highest BCUT2D eigenvalue weighted by atomic mass is 15.2. The number of nitrogens with two attached hydrogens (primary N) is 1. The van der Waals surface area contributed by atoms with Crippen molar-refractivity contribution in [3.05, 3.63) is 30.6 Å². The molecule has 1 heterocycles. The lowest BCUT2D eigenvalue weighted by atomic mass is 10.1. The average molecular weight is 231 g/mol. The standard InChI is InChI=1S/C12H17N5/c1-17-9-15-16-12(17)10-5-2-3-6-11(10)14-8-4-7-13/h2-3,5-6,9,14H,4,7-8,13H2,1H3. The Morgan fingerprint density at radius 2 is 2.18 bits per heavy atom. The van der Waals surface area contributed by atoms with Gasteiger partial charge >= 0.3 is 0 Å². The van der Waals surface area contributed by atoms with Crippen molar-refractivity contribution in [3.8, 4) is 11.4 Å². The number of aromatic nitrogens is 3. The number of para-hydroxylation sites is 1. The van der Waals surface area contributed by atoms with Gasteiger partial charge in [-0.1, -0.05) is 12.1 Å². The van der Waals surface area contributed by atoms with Crippen LogP contribution in [0.1, 0.15) is 6.42 Å². The van der Waals surface area contributed by atoms with Crippen molar-refractivity contribution in [1.29, 1.82) is 0 Å². The van der Waals surface area contributed by atoms with Crippen LogP contribution in [0, 0.1) is 0 Å². The molecule has 5 nitrogen and oxygen atoms in total. The first-order valence-corrected chi connectivity index (χ1v) is 5.70. The minimum absolute atomic E-state index is 0.694. The van der Waals surface area contributed by atoms with E-state index >= 15 is 0 Å². The molecule has 0 radical (unpaired) electrons. The lowest BCUT2D eigenvalue weighted by Gasteiger charge is -2.10. The topological polar surface area (TPSA) is 68.8 Å². The maximum absolute atomic E-state index is 5.48. The second-order valence-electron chi connectivity index (χ2n) is 3.88. The van der Waals surface area contributed by atoms with E-state index in [0.717, 1.165) is 30.0 Å². The summed E-state index contributed by atoms with van der Waals surface area (Å²) in [4.78, 5) is 0. The first kappa shape index (κ1) is 11.6. The van der Waals surface area contributed by atoms with Crippen molar-refractivity contribution >= 4 is 5.69 Å². The van der Waals surface area contributed by atoms with E-state index in [4.69, 9.17) is 5.73 Å². The number of rotatable bonds is 5. The summed E-state index contributed by atoms with van der Waals surface area (Å²) in [5, 5.41) is 11.4. The largest absolute Gasteiger partial charge is 0.384 e.